The average Bonchev–Trinajstić information content (AvgIpc) is 3.38. The second kappa shape index (κ2) is 8.37. The van der Waals surface area contributed by atoms with Gasteiger partial charge in [-0.2, -0.15) is 5.26 Å². The fraction of sp³-hybridized carbons (Fsp3) is 0.333. The van der Waals surface area contributed by atoms with Gasteiger partial charge in [-0.15, -0.1) is 11.3 Å². The molecule has 1 N–H and O–H groups in total. The van der Waals surface area contributed by atoms with Crippen LogP contribution in [0, 0.1) is 29.6 Å². The van der Waals surface area contributed by atoms with E-state index in [1.807, 2.05) is 37.3 Å². The molecule has 3 heterocycles. The summed E-state index contributed by atoms with van der Waals surface area (Å²) in [5.41, 5.74) is 4.73. The van der Waals surface area contributed by atoms with E-state index in [0.29, 0.717) is 44.5 Å². The Labute approximate surface area is 202 Å². The van der Waals surface area contributed by atoms with E-state index in [4.69, 9.17) is 4.52 Å². The monoisotopic (exact) mass is 470 g/mol. The fourth-order valence-corrected chi connectivity index (χ4v) is 6.02. The molecule has 7 heteroatoms. The van der Waals surface area contributed by atoms with Crippen LogP contribution in [0.5, 0.6) is 0 Å². The van der Waals surface area contributed by atoms with Gasteiger partial charge in [0, 0.05) is 16.1 Å². The minimum atomic E-state index is -0.293. The lowest BCUT2D eigenvalue weighted by Crippen LogP contribution is -2.26. The maximum absolute atomic E-state index is 13.6. The van der Waals surface area contributed by atoms with E-state index in [2.05, 4.69) is 42.3 Å². The number of nitriles is 1. The third kappa shape index (κ3) is 3.88. The first kappa shape index (κ1) is 22.3. The molecule has 34 heavy (non-hydrogen) atoms. The zero-order chi connectivity index (χ0) is 24.0. The van der Waals surface area contributed by atoms with E-state index >= 15 is 0 Å². The lowest BCUT2D eigenvalue weighted by atomic mass is 9.72. The summed E-state index contributed by atoms with van der Waals surface area (Å²) in [7, 11) is 0. The van der Waals surface area contributed by atoms with Gasteiger partial charge in [0.25, 0.3) is 11.6 Å². The van der Waals surface area contributed by atoms with E-state index in [-0.39, 0.29) is 11.3 Å². The van der Waals surface area contributed by atoms with Crippen LogP contribution < -0.4 is 5.32 Å². The third-order valence-corrected chi connectivity index (χ3v) is 7.87. The number of nitrogens with zero attached hydrogens (tertiary/aromatic N) is 3. The Morgan fingerprint density at radius 2 is 2.03 bits per heavy atom. The number of nitrogens with one attached hydrogen (secondary N) is 1. The van der Waals surface area contributed by atoms with Crippen LogP contribution >= 0.6 is 11.3 Å². The van der Waals surface area contributed by atoms with Crippen molar-refractivity contribution in [2.75, 3.05) is 5.32 Å². The molecule has 0 spiro atoms. The molecule has 5 rings (SSSR count). The summed E-state index contributed by atoms with van der Waals surface area (Å²) in [6.45, 7) is 8.62. The number of benzene rings is 1. The first-order valence-electron chi connectivity index (χ1n) is 11.4. The molecule has 1 aromatic carbocycles. The van der Waals surface area contributed by atoms with Gasteiger partial charge < -0.3 is 9.84 Å². The highest BCUT2D eigenvalue weighted by Gasteiger charge is 2.32. The molecule has 0 saturated heterocycles. The molecule has 0 radical (unpaired) electrons. The molecule has 6 nitrogen and oxygen atoms in total. The summed E-state index contributed by atoms with van der Waals surface area (Å²) in [6.07, 6.45) is 2.87. The molecule has 1 aliphatic rings. The third-order valence-electron chi connectivity index (χ3n) is 6.70. The summed E-state index contributed by atoms with van der Waals surface area (Å²) in [5, 5.41) is 18.4. The van der Waals surface area contributed by atoms with E-state index in [1.54, 1.807) is 6.07 Å². The van der Waals surface area contributed by atoms with Crippen LogP contribution in [0.15, 0.2) is 40.9 Å². The van der Waals surface area contributed by atoms with Crippen molar-refractivity contribution in [2.45, 2.75) is 47.0 Å². The van der Waals surface area contributed by atoms with E-state index in [0.717, 1.165) is 30.4 Å². The quantitative estimate of drug-likeness (QED) is 0.367. The van der Waals surface area contributed by atoms with Crippen molar-refractivity contribution in [3.05, 3.63) is 63.7 Å². The van der Waals surface area contributed by atoms with Crippen molar-refractivity contribution >= 4 is 33.3 Å². The number of carbonyl (C=O) groups is 1. The van der Waals surface area contributed by atoms with Crippen molar-refractivity contribution in [3.8, 4) is 17.3 Å². The number of hydrogen-bond donors (Lipinski definition) is 1. The van der Waals surface area contributed by atoms with Gasteiger partial charge in [-0.05, 0) is 49.1 Å². The number of hydrogen-bond acceptors (Lipinski definition) is 6. The standard InChI is InChI=1S/C27H26N4O2S/c1-15-12-19(22-23(31-33-25(22)29-15)16-8-6-5-7-9-16)24(32)30-26-20(14-28)18-11-10-17(27(2,3)4)13-21(18)34-26/h5-9,12,17H,10-11,13H2,1-4H3,(H,30,32)/t17-/m0/s1. The molecule has 4 aromatic rings. The number of pyridine rings is 1. The second-order valence-corrected chi connectivity index (χ2v) is 11.1. The first-order valence-corrected chi connectivity index (χ1v) is 12.3. The number of fused-ring (bicyclic) bond motifs is 2. The number of carbonyl (C=O) groups excluding carboxylic acids is 1. The van der Waals surface area contributed by atoms with E-state index in [9.17, 15) is 10.1 Å². The second-order valence-electron chi connectivity index (χ2n) is 9.97. The van der Waals surface area contributed by atoms with Crippen LogP contribution in [-0.4, -0.2) is 16.0 Å². The van der Waals surface area contributed by atoms with Crippen molar-refractivity contribution in [3.63, 3.8) is 0 Å². The SMILES string of the molecule is Cc1cc(C(=O)Nc2sc3c(c2C#N)CC[C@H](C(C)(C)C)C3)c2c(-c3ccccc3)noc2n1. The summed E-state index contributed by atoms with van der Waals surface area (Å²) in [4.78, 5) is 19.2. The maximum atomic E-state index is 13.6. The fourth-order valence-electron chi connectivity index (χ4n) is 4.75. The Bertz CT molecular complexity index is 1440. The zero-order valence-corrected chi connectivity index (χ0v) is 20.5. The summed E-state index contributed by atoms with van der Waals surface area (Å²) in [5.74, 6) is 0.264. The number of rotatable bonds is 3. The molecule has 0 fully saturated rings. The molecule has 1 aliphatic carbocycles. The topological polar surface area (TPSA) is 91.8 Å². The molecule has 172 valence electrons. The Kier molecular flexibility index (Phi) is 5.49. The number of thiophene rings is 1. The highest BCUT2D eigenvalue weighted by Crippen LogP contribution is 2.44. The van der Waals surface area contributed by atoms with Gasteiger partial charge in [0.05, 0.1) is 16.5 Å². The molecule has 0 aliphatic heterocycles. The van der Waals surface area contributed by atoms with Crippen LogP contribution in [0.2, 0.25) is 0 Å². The van der Waals surface area contributed by atoms with Crippen LogP contribution in [0.3, 0.4) is 0 Å². The van der Waals surface area contributed by atoms with Crippen molar-refractivity contribution in [1.29, 1.82) is 5.26 Å². The van der Waals surface area contributed by atoms with Crippen LogP contribution in [-0.2, 0) is 12.8 Å². The summed E-state index contributed by atoms with van der Waals surface area (Å²) < 4.78 is 5.49. The number of aryl methyl sites for hydroxylation is 1. The van der Waals surface area contributed by atoms with Gasteiger partial charge in [-0.25, -0.2) is 4.98 Å². The lowest BCUT2D eigenvalue weighted by molar-refractivity contribution is 0.102. The van der Waals surface area contributed by atoms with Gasteiger partial charge >= 0.3 is 0 Å². The lowest BCUT2D eigenvalue weighted by Gasteiger charge is -2.33. The van der Waals surface area contributed by atoms with Crippen LogP contribution in [0.1, 0.15) is 59.2 Å². The number of anilines is 1. The van der Waals surface area contributed by atoms with Gasteiger partial charge in [-0.3, -0.25) is 4.79 Å². The van der Waals surface area contributed by atoms with E-state index in [1.165, 1.54) is 16.2 Å². The summed E-state index contributed by atoms with van der Waals surface area (Å²) in [6, 6.07) is 13.7. The van der Waals surface area contributed by atoms with Crippen molar-refractivity contribution in [2.24, 2.45) is 11.3 Å². The molecule has 0 unspecified atom stereocenters. The maximum Gasteiger partial charge on any atom is 0.259 e. The van der Waals surface area contributed by atoms with Crippen LogP contribution in [0.4, 0.5) is 5.00 Å². The van der Waals surface area contributed by atoms with E-state index < -0.39 is 0 Å². The molecule has 0 saturated carbocycles. The molecule has 1 atom stereocenters. The number of amides is 1. The normalized spacial score (nSPS) is 15.7. The first-order chi connectivity index (χ1) is 16.3. The number of aromatic nitrogens is 2. The Hall–Kier alpha value is -3.50. The zero-order valence-electron chi connectivity index (χ0n) is 19.7. The minimum absolute atomic E-state index is 0.209. The Morgan fingerprint density at radius 1 is 1.26 bits per heavy atom. The average molecular weight is 471 g/mol. The predicted molar refractivity (Wildman–Crippen MR) is 134 cm³/mol. The molecule has 3 aromatic heterocycles. The predicted octanol–water partition coefficient (Wildman–Crippen LogP) is 6.53. The molecular weight excluding hydrogens is 444 g/mol. The molecule has 1 amide bonds. The molecular formula is C27H26N4O2S. The largest absolute Gasteiger partial charge is 0.335 e. The van der Waals surface area contributed by atoms with Gasteiger partial charge in [0.15, 0.2) is 0 Å². The van der Waals surface area contributed by atoms with Gasteiger partial charge in [0.1, 0.15) is 16.8 Å². The Balaban J connectivity index is 1.54. The van der Waals surface area contributed by atoms with Crippen molar-refractivity contribution in [1.82, 2.24) is 10.1 Å². The Morgan fingerprint density at radius 3 is 2.74 bits per heavy atom. The highest BCUT2D eigenvalue weighted by atomic mass is 32.1. The molecule has 0 bridgehead atoms. The minimum Gasteiger partial charge on any atom is -0.335 e. The van der Waals surface area contributed by atoms with Gasteiger partial charge in [-0.1, -0.05) is 56.3 Å². The highest BCUT2D eigenvalue weighted by molar-refractivity contribution is 7.16. The van der Waals surface area contributed by atoms with Crippen LogP contribution in [0.25, 0.3) is 22.4 Å². The van der Waals surface area contributed by atoms with Crippen molar-refractivity contribution < 1.29 is 9.32 Å². The van der Waals surface area contributed by atoms with Gasteiger partial charge in [0.2, 0.25) is 0 Å². The smallest absolute Gasteiger partial charge is 0.259 e. The summed E-state index contributed by atoms with van der Waals surface area (Å²) >= 11 is 1.53.